The van der Waals surface area contributed by atoms with Crippen LogP contribution in [-0.2, 0) is 0 Å². The normalized spacial score (nSPS) is 14.2. The lowest BCUT2D eigenvalue weighted by Crippen LogP contribution is -2.12. The van der Waals surface area contributed by atoms with E-state index >= 15 is 0 Å². The second-order valence-corrected chi connectivity index (χ2v) is 5.43. The van der Waals surface area contributed by atoms with Crippen LogP contribution in [0.3, 0.4) is 0 Å². The van der Waals surface area contributed by atoms with Gasteiger partial charge in [0.25, 0.3) is 0 Å². The third kappa shape index (κ3) is 1.37. The molecule has 0 saturated carbocycles. The number of fused-ring (bicyclic) bond motifs is 4. The number of phenols is 2. The van der Waals surface area contributed by atoms with Crippen LogP contribution in [0.5, 0.6) is 23.0 Å². The van der Waals surface area contributed by atoms with E-state index < -0.39 is 11.5 Å². The topological polar surface area (TPSA) is 88.9 Å². The Labute approximate surface area is 129 Å². The van der Waals surface area contributed by atoms with E-state index in [2.05, 4.69) is 4.98 Å². The van der Waals surface area contributed by atoms with E-state index in [1.54, 1.807) is 12.1 Å². The number of rotatable bonds is 0. The fraction of sp³-hybridized carbons (Fsp3) is 0.0588. The molecular weight excluding hydrogens is 298 g/mol. The molecule has 0 bridgehead atoms. The van der Waals surface area contributed by atoms with Gasteiger partial charge in [0.05, 0.1) is 5.56 Å². The quantitative estimate of drug-likeness (QED) is 0.485. The minimum atomic E-state index is -0.450. The molecular formula is C17H9NO5. The van der Waals surface area contributed by atoms with Crippen LogP contribution in [-0.4, -0.2) is 27.8 Å². The summed E-state index contributed by atoms with van der Waals surface area (Å²) in [5, 5.41) is 21.4. The van der Waals surface area contributed by atoms with Gasteiger partial charge in [0.2, 0.25) is 12.6 Å². The molecule has 2 aromatic carbocycles. The third-order valence-corrected chi connectivity index (χ3v) is 4.26. The average Bonchev–Trinajstić information content (AvgIpc) is 3.02. The Bertz CT molecular complexity index is 1040. The van der Waals surface area contributed by atoms with Crippen molar-refractivity contribution >= 4 is 16.6 Å². The number of aromatic nitrogens is 1. The Kier molecular flexibility index (Phi) is 2.09. The highest BCUT2D eigenvalue weighted by Crippen LogP contribution is 2.52. The standard InChI is InChI=1S/C17H9NO5/c19-9-2-1-8-12-11-7(5-10-17(12)23-6-22-10)3-4-18-14(11)16(21)13(8)15(9)20/h1-5,19-20H,6H2. The van der Waals surface area contributed by atoms with Crippen LogP contribution in [0.4, 0.5) is 0 Å². The molecule has 0 unspecified atom stereocenters. The summed E-state index contributed by atoms with van der Waals surface area (Å²) in [6.45, 7) is 0.0920. The maximum Gasteiger partial charge on any atom is 0.231 e. The summed E-state index contributed by atoms with van der Waals surface area (Å²) in [7, 11) is 0. The summed E-state index contributed by atoms with van der Waals surface area (Å²) in [5.74, 6) is -0.126. The molecule has 112 valence electrons. The van der Waals surface area contributed by atoms with Gasteiger partial charge in [-0.05, 0) is 29.7 Å². The zero-order valence-corrected chi connectivity index (χ0v) is 11.7. The van der Waals surface area contributed by atoms with Crippen LogP contribution < -0.4 is 9.47 Å². The van der Waals surface area contributed by atoms with Gasteiger partial charge in [-0.3, -0.25) is 9.78 Å². The van der Waals surface area contributed by atoms with Crippen molar-refractivity contribution in [1.29, 1.82) is 0 Å². The van der Waals surface area contributed by atoms with Gasteiger partial charge in [-0.2, -0.15) is 0 Å². The number of hydrogen-bond donors (Lipinski definition) is 2. The van der Waals surface area contributed by atoms with Crippen molar-refractivity contribution in [2.75, 3.05) is 6.79 Å². The largest absolute Gasteiger partial charge is 0.504 e. The van der Waals surface area contributed by atoms with Gasteiger partial charge >= 0.3 is 0 Å². The number of nitrogens with zero attached hydrogens (tertiary/aromatic N) is 1. The number of carbonyl (C=O) groups is 1. The maximum atomic E-state index is 12.8. The first-order valence-corrected chi connectivity index (χ1v) is 6.98. The zero-order valence-electron chi connectivity index (χ0n) is 11.7. The highest BCUT2D eigenvalue weighted by molar-refractivity contribution is 6.27. The van der Waals surface area contributed by atoms with Crippen LogP contribution in [0.1, 0.15) is 16.1 Å². The first-order valence-electron chi connectivity index (χ1n) is 6.98. The summed E-state index contributed by atoms with van der Waals surface area (Å²) in [6, 6.07) is 6.55. The van der Waals surface area contributed by atoms with Gasteiger partial charge < -0.3 is 19.7 Å². The number of benzene rings is 2. The van der Waals surface area contributed by atoms with Crippen molar-refractivity contribution < 1.29 is 24.5 Å². The predicted molar refractivity (Wildman–Crippen MR) is 80.1 cm³/mol. The van der Waals surface area contributed by atoms with Crippen molar-refractivity contribution in [2.24, 2.45) is 0 Å². The van der Waals surface area contributed by atoms with Gasteiger partial charge in [0, 0.05) is 22.7 Å². The lowest BCUT2D eigenvalue weighted by molar-refractivity contribution is 0.103. The molecule has 2 aliphatic rings. The minimum Gasteiger partial charge on any atom is -0.504 e. The molecule has 0 saturated heterocycles. The Balaban J connectivity index is 2.05. The molecule has 5 rings (SSSR count). The van der Waals surface area contributed by atoms with E-state index in [1.165, 1.54) is 12.3 Å². The molecule has 3 aromatic rings. The van der Waals surface area contributed by atoms with Gasteiger partial charge in [-0.15, -0.1) is 0 Å². The lowest BCUT2D eigenvalue weighted by atomic mass is 9.84. The molecule has 0 atom stereocenters. The van der Waals surface area contributed by atoms with Crippen LogP contribution >= 0.6 is 0 Å². The SMILES string of the molecule is O=C1c2c(ccc(O)c2O)-c2c3c(cc4ccnc1c24)OCO3. The molecule has 0 spiro atoms. The molecule has 23 heavy (non-hydrogen) atoms. The van der Waals surface area contributed by atoms with Gasteiger partial charge in [-0.1, -0.05) is 0 Å². The molecule has 1 aliphatic carbocycles. The summed E-state index contributed by atoms with van der Waals surface area (Å²) in [5.41, 5.74) is 1.41. The second-order valence-electron chi connectivity index (χ2n) is 5.43. The molecule has 1 aliphatic heterocycles. The Morgan fingerprint density at radius 3 is 2.83 bits per heavy atom. The van der Waals surface area contributed by atoms with Crippen molar-refractivity contribution in [3.05, 3.63) is 41.7 Å². The van der Waals surface area contributed by atoms with E-state index in [0.29, 0.717) is 28.0 Å². The Morgan fingerprint density at radius 2 is 1.96 bits per heavy atom. The van der Waals surface area contributed by atoms with Gasteiger partial charge in [0.1, 0.15) is 5.69 Å². The molecule has 2 N–H and O–H groups in total. The average molecular weight is 307 g/mol. The lowest BCUT2D eigenvalue weighted by Gasteiger charge is -2.21. The number of hydrogen-bond acceptors (Lipinski definition) is 6. The van der Waals surface area contributed by atoms with Crippen LogP contribution in [0.25, 0.3) is 21.9 Å². The second kappa shape index (κ2) is 3.92. The molecule has 6 nitrogen and oxygen atoms in total. The Morgan fingerprint density at radius 1 is 1.09 bits per heavy atom. The highest BCUT2D eigenvalue weighted by Gasteiger charge is 2.35. The fourth-order valence-corrected chi connectivity index (χ4v) is 3.27. The van der Waals surface area contributed by atoms with Gasteiger partial charge in [-0.25, -0.2) is 0 Å². The summed E-state index contributed by atoms with van der Waals surface area (Å²) in [6.07, 6.45) is 1.53. The number of phenolic OH excluding ortho intramolecular Hbond substituents is 2. The number of ketones is 1. The number of ether oxygens (including phenoxy) is 2. The minimum absolute atomic E-state index is 0.0291. The molecule has 0 fully saturated rings. The highest BCUT2D eigenvalue weighted by atomic mass is 16.7. The number of aromatic hydroxyl groups is 2. The van der Waals surface area contributed by atoms with Gasteiger partial charge in [0.15, 0.2) is 23.0 Å². The van der Waals surface area contributed by atoms with Crippen LogP contribution in [0.15, 0.2) is 30.5 Å². The summed E-state index contributed by atoms with van der Waals surface area (Å²) in [4.78, 5) is 16.9. The summed E-state index contributed by atoms with van der Waals surface area (Å²) >= 11 is 0. The first-order chi connectivity index (χ1) is 11.2. The maximum absolute atomic E-state index is 12.8. The number of pyridine rings is 1. The van der Waals surface area contributed by atoms with E-state index in [-0.39, 0.29) is 23.8 Å². The predicted octanol–water partition coefficient (Wildman–Crippen LogP) is 2.59. The molecule has 0 amide bonds. The van der Waals surface area contributed by atoms with Crippen LogP contribution in [0.2, 0.25) is 0 Å². The third-order valence-electron chi connectivity index (χ3n) is 4.26. The molecule has 6 heteroatoms. The first kappa shape index (κ1) is 12.3. The van der Waals surface area contributed by atoms with E-state index in [4.69, 9.17) is 9.47 Å². The van der Waals surface area contributed by atoms with E-state index in [0.717, 1.165) is 5.39 Å². The fourth-order valence-electron chi connectivity index (χ4n) is 3.27. The molecule has 1 aromatic heterocycles. The Hall–Kier alpha value is -3.28. The molecule has 0 radical (unpaired) electrons. The monoisotopic (exact) mass is 307 g/mol. The zero-order chi connectivity index (χ0) is 15.7. The smallest absolute Gasteiger partial charge is 0.231 e. The van der Waals surface area contributed by atoms with Crippen molar-refractivity contribution in [2.45, 2.75) is 0 Å². The summed E-state index contributed by atoms with van der Waals surface area (Å²) < 4.78 is 11.0. The van der Waals surface area contributed by atoms with Crippen molar-refractivity contribution in [3.63, 3.8) is 0 Å². The van der Waals surface area contributed by atoms with Crippen LogP contribution in [0, 0.1) is 0 Å². The molecule has 2 heterocycles. The van der Waals surface area contributed by atoms with E-state index in [1.807, 2.05) is 6.07 Å². The number of carbonyl (C=O) groups excluding carboxylic acids is 1. The van der Waals surface area contributed by atoms with Crippen molar-refractivity contribution in [1.82, 2.24) is 4.98 Å². The van der Waals surface area contributed by atoms with E-state index in [9.17, 15) is 15.0 Å². The van der Waals surface area contributed by atoms with Crippen molar-refractivity contribution in [3.8, 4) is 34.1 Å².